The number of benzodiazepines with no additional fused rings is 1. The summed E-state index contributed by atoms with van der Waals surface area (Å²) in [6.07, 6.45) is -7.63. The Balaban J connectivity index is 1.72. The molecule has 0 spiro atoms. The molecule has 1 aliphatic rings. The van der Waals surface area contributed by atoms with Crippen LogP contribution in [0.3, 0.4) is 0 Å². The van der Waals surface area contributed by atoms with Crippen molar-refractivity contribution in [2.45, 2.75) is 31.1 Å². The second kappa shape index (κ2) is 11.6. The van der Waals surface area contributed by atoms with Crippen LogP contribution in [0.25, 0.3) is 0 Å². The number of alkyl halides is 3. The highest BCUT2D eigenvalue weighted by molar-refractivity contribution is 6.20. The van der Waals surface area contributed by atoms with Crippen molar-refractivity contribution in [2.24, 2.45) is 10.9 Å². The number of para-hydroxylation sites is 1. The number of carbonyl (C=O) groups excluding carboxylic acids is 2. The van der Waals surface area contributed by atoms with Gasteiger partial charge in [0.15, 0.2) is 0 Å². The predicted octanol–water partition coefficient (Wildman–Crippen LogP) is 4.68. The largest absolute Gasteiger partial charge is 0.396 e. The number of nitrogens with zero attached hydrogens (tertiary/aromatic N) is 2. The van der Waals surface area contributed by atoms with Gasteiger partial charge in [0.25, 0.3) is 5.91 Å². The van der Waals surface area contributed by atoms with E-state index in [1.54, 1.807) is 49.5 Å². The van der Waals surface area contributed by atoms with Gasteiger partial charge >= 0.3 is 6.18 Å². The van der Waals surface area contributed by atoms with Crippen LogP contribution in [0.15, 0.2) is 89.9 Å². The summed E-state index contributed by atoms with van der Waals surface area (Å²) in [7, 11) is 1.56. The average Bonchev–Trinajstić information content (AvgIpc) is 3.02. The van der Waals surface area contributed by atoms with Gasteiger partial charge < -0.3 is 15.3 Å². The lowest BCUT2D eigenvalue weighted by molar-refractivity contribution is -0.143. The van der Waals surface area contributed by atoms with Crippen LogP contribution in [-0.4, -0.2) is 48.6 Å². The molecule has 0 unspecified atom stereocenters. The molecule has 6 nitrogen and oxygen atoms in total. The minimum absolute atomic E-state index is 0.470. The van der Waals surface area contributed by atoms with Crippen molar-refractivity contribution in [2.75, 3.05) is 18.6 Å². The Morgan fingerprint density at radius 1 is 1.00 bits per heavy atom. The molecule has 0 aliphatic carbocycles. The first-order valence-corrected chi connectivity index (χ1v) is 12.2. The van der Waals surface area contributed by atoms with Crippen molar-refractivity contribution in [3.63, 3.8) is 0 Å². The van der Waals surface area contributed by atoms with Gasteiger partial charge in [-0.15, -0.1) is 0 Å². The zero-order chi connectivity index (χ0) is 27.3. The summed E-state index contributed by atoms with van der Waals surface area (Å²) in [6, 6.07) is 24.7. The average molecular weight is 524 g/mol. The normalized spacial score (nSPS) is 17.2. The molecular formula is C29H28F3N3O3. The Morgan fingerprint density at radius 3 is 2.24 bits per heavy atom. The number of hydrogen-bond acceptors (Lipinski definition) is 4. The molecule has 198 valence electrons. The molecule has 0 aromatic heterocycles. The predicted molar refractivity (Wildman–Crippen MR) is 139 cm³/mol. The second-order valence-corrected chi connectivity index (χ2v) is 9.13. The number of benzene rings is 3. The maximum Gasteiger partial charge on any atom is 0.389 e. The lowest BCUT2D eigenvalue weighted by Crippen LogP contribution is -2.49. The van der Waals surface area contributed by atoms with Crippen LogP contribution >= 0.6 is 0 Å². The standard InChI is InChI=1S/C29H28F3N3O3/c1-35-24-15-9-8-14-22(24)25(20-12-6-3-7-13-20)33-26(28(35)38)34-27(37)21(16-17-29(30,31)32)23(18-36)19-10-4-2-5-11-19/h2-15,21,23,26,36H,16-18H2,1H3,(H,34,37)/t21-,23+,26+/m0/s1. The quantitative estimate of drug-likeness (QED) is 0.450. The van der Waals surface area contributed by atoms with Gasteiger partial charge in [-0.1, -0.05) is 78.9 Å². The van der Waals surface area contributed by atoms with Crippen LogP contribution in [0.4, 0.5) is 18.9 Å². The Labute approximate surface area is 218 Å². The van der Waals surface area contributed by atoms with E-state index in [1.165, 1.54) is 4.90 Å². The molecule has 38 heavy (non-hydrogen) atoms. The molecule has 3 aromatic carbocycles. The third-order valence-electron chi connectivity index (χ3n) is 6.66. The van der Waals surface area contributed by atoms with E-state index in [2.05, 4.69) is 10.3 Å². The number of rotatable bonds is 8. The topological polar surface area (TPSA) is 82.0 Å². The zero-order valence-electron chi connectivity index (χ0n) is 20.7. The number of carbonyl (C=O) groups is 2. The zero-order valence-corrected chi connectivity index (χ0v) is 20.7. The summed E-state index contributed by atoms with van der Waals surface area (Å²) in [5.41, 5.74) is 2.98. The van der Waals surface area contributed by atoms with E-state index < -0.39 is 55.4 Å². The van der Waals surface area contributed by atoms with E-state index in [1.807, 2.05) is 42.5 Å². The highest BCUT2D eigenvalue weighted by Crippen LogP contribution is 2.33. The maximum atomic E-state index is 13.6. The van der Waals surface area contributed by atoms with Crippen LogP contribution in [-0.2, 0) is 9.59 Å². The highest BCUT2D eigenvalue weighted by atomic mass is 19.4. The number of likely N-dealkylation sites (N-methyl/N-ethyl adjacent to an activating group) is 1. The summed E-state index contributed by atoms with van der Waals surface area (Å²) in [6.45, 7) is -0.539. The molecule has 0 saturated heterocycles. The number of anilines is 1. The molecule has 1 aliphatic heterocycles. The highest BCUT2D eigenvalue weighted by Gasteiger charge is 2.38. The van der Waals surface area contributed by atoms with E-state index in [-0.39, 0.29) is 0 Å². The van der Waals surface area contributed by atoms with E-state index in [9.17, 15) is 27.9 Å². The molecular weight excluding hydrogens is 495 g/mol. The van der Waals surface area contributed by atoms with Gasteiger partial charge in [0, 0.05) is 36.4 Å². The molecule has 0 radical (unpaired) electrons. The van der Waals surface area contributed by atoms with E-state index in [0.717, 1.165) is 0 Å². The SMILES string of the molecule is CN1C(=O)[C@@H](NC(=O)[C@@H](CCC(F)(F)F)[C@H](CO)c2ccccc2)N=C(c2ccccc2)c2ccccc21. The van der Waals surface area contributed by atoms with Gasteiger partial charge in [-0.3, -0.25) is 9.59 Å². The summed E-state index contributed by atoms with van der Waals surface area (Å²) in [4.78, 5) is 33.0. The smallest absolute Gasteiger partial charge is 0.389 e. The molecule has 3 aromatic rings. The Kier molecular flexibility index (Phi) is 8.26. The molecule has 0 fully saturated rings. The molecule has 2 N–H and O–H groups in total. The van der Waals surface area contributed by atoms with Gasteiger partial charge in [-0.2, -0.15) is 13.2 Å². The number of halogens is 3. The fourth-order valence-corrected chi connectivity index (χ4v) is 4.68. The lowest BCUT2D eigenvalue weighted by Gasteiger charge is -2.28. The molecule has 0 saturated carbocycles. The van der Waals surface area contributed by atoms with E-state index in [4.69, 9.17) is 0 Å². The first kappa shape index (κ1) is 27.1. The fourth-order valence-electron chi connectivity index (χ4n) is 4.68. The molecule has 1 heterocycles. The van der Waals surface area contributed by atoms with Crippen molar-refractivity contribution >= 4 is 23.2 Å². The Morgan fingerprint density at radius 2 is 1.61 bits per heavy atom. The van der Waals surface area contributed by atoms with Gasteiger partial charge in [-0.05, 0) is 18.1 Å². The summed E-state index contributed by atoms with van der Waals surface area (Å²) in [5, 5.41) is 12.7. The van der Waals surface area contributed by atoms with Crippen LogP contribution in [0.5, 0.6) is 0 Å². The number of aliphatic hydroxyl groups excluding tert-OH is 1. The molecule has 4 rings (SSSR count). The van der Waals surface area contributed by atoms with Gasteiger partial charge in [0.1, 0.15) is 0 Å². The van der Waals surface area contributed by atoms with Gasteiger partial charge in [0.05, 0.1) is 18.0 Å². The Hall–Kier alpha value is -3.98. The summed E-state index contributed by atoms with van der Waals surface area (Å²) >= 11 is 0. The third-order valence-corrected chi connectivity index (χ3v) is 6.66. The van der Waals surface area contributed by atoms with E-state index >= 15 is 0 Å². The first-order chi connectivity index (χ1) is 18.2. The summed E-state index contributed by atoms with van der Waals surface area (Å²) in [5.74, 6) is -3.47. The number of aliphatic imine (C=N–C) groups is 1. The van der Waals surface area contributed by atoms with Crippen molar-refractivity contribution in [1.82, 2.24) is 5.32 Å². The second-order valence-electron chi connectivity index (χ2n) is 9.13. The Bertz CT molecular complexity index is 1300. The monoisotopic (exact) mass is 523 g/mol. The number of amides is 2. The van der Waals surface area contributed by atoms with Crippen LogP contribution < -0.4 is 10.2 Å². The fraction of sp³-hybridized carbons (Fsp3) is 0.276. The van der Waals surface area contributed by atoms with Crippen molar-refractivity contribution in [3.8, 4) is 0 Å². The van der Waals surface area contributed by atoms with E-state index in [0.29, 0.717) is 28.1 Å². The van der Waals surface area contributed by atoms with Gasteiger partial charge in [0.2, 0.25) is 12.1 Å². The minimum atomic E-state index is -4.49. The van der Waals surface area contributed by atoms with Crippen LogP contribution in [0.2, 0.25) is 0 Å². The number of fused-ring (bicyclic) bond motifs is 1. The molecule has 9 heteroatoms. The third kappa shape index (κ3) is 6.11. The number of aliphatic hydroxyl groups is 1. The van der Waals surface area contributed by atoms with Crippen LogP contribution in [0, 0.1) is 5.92 Å². The minimum Gasteiger partial charge on any atom is -0.396 e. The molecule has 0 bridgehead atoms. The van der Waals surface area contributed by atoms with Crippen LogP contribution in [0.1, 0.15) is 35.4 Å². The van der Waals surface area contributed by atoms with Crippen molar-refractivity contribution in [1.29, 1.82) is 0 Å². The molecule has 3 atom stereocenters. The lowest BCUT2D eigenvalue weighted by atomic mass is 9.82. The number of hydrogen-bond donors (Lipinski definition) is 2. The van der Waals surface area contributed by atoms with Crippen molar-refractivity contribution < 1.29 is 27.9 Å². The van der Waals surface area contributed by atoms with Gasteiger partial charge in [-0.25, -0.2) is 4.99 Å². The maximum absolute atomic E-state index is 13.6. The van der Waals surface area contributed by atoms with Crippen molar-refractivity contribution in [3.05, 3.63) is 102 Å². The number of nitrogens with one attached hydrogen (secondary N) is 1. The first-order valence-electron chi connectivity index (χ1n) is 12.2. The molecule has 2 amide bonds. The summed E-state index contributed by atoms with van der Waals surface area (Å²) < 4.78 is 39.6.